The van der Waals surface area contributed by atoms with Crippen LogP contribution in [0.25, 0.3) is 5.82 Å². The fourth-order valence-electron chi connectivity index (χ4n) is 3.17. The molecule has 8 nitrogen and oxygen atoms in total. The van der Waals surface area contributed by atoms with Gasteiger partial charge in [0.25, 0.3) is 0 Å². The first-order valence-electron chi connectivity index (χ1n) is 8.97. The van der Waals surface area contributed by atoms with E-state index in [0.29, 0.717) is 6.54 Å². The molecule has 0 unspecified atom stereocenters. The SMILES string of the molecule is CCc1nc2c(c(NCc3cccnc3-n3cncn3)n1)CCNCC2.Cl.Cl. The van der Waals surface area contributed by atoms with E-state index in [0.717, 1.165) is 61.1 Å². The average Bonchev–Trinajstić information content (AvgIpc) is 3.11. The molecule has 0 radical (unpaired) electrons. The number of aryl methyl sites for hydroxylation is 1. The molecular weight excluding hydrogens is 399 g/mol. The summed E-state index contributed by atoms with van der Waals surface area (Å²) in [6.07, 6.45) is 7.63. The molecule has 3 aromatic heterocycles. The molecule has 28 heavy (non-hydrogen) atoms. The van der Waals surface area contributed by atoms with Gasteiger partial charge in [-0.3, -0.25) is 0 Å². The van der Waals surface area contributed by atoms with Gasteiger partial charge in [0.05, 0.1) is 5.69 Å². The Hall–Kier alpha value is -2.29. The van der Waals surface area contributed by atoms with Crippen molar-refractivity contribution in [3.63, 3.8) is 0 Å². The standard InChI is InChI=1S/C18H22N8.2ClH/c1-2-16-24-15-6-9-19-8-5-14(15)17(25-16)22-10-13-4-3-7-21-18(13)26-12-20-11-23-26;;/h3-4,7,11-12,19H,2,5-6,8-10H2,1H3,(H,22,24,25);2*1H. The zero-order valence-electron chi connectivity index (χ0n) is 15.6. The maximum Gasteiger partial charge on any atom is 0.160 e. The summed E-state index contributed by atoms with van der Waals surface area (Å²) in [7, 11) is 0. The first-order chi connectivity index (χ1) is 12.8. The molecule has 0 bridgehead atoms. The Bertz CT molecular complexity index is 885. The lowest BCUT2D eigenvalue weighted by Crippen LogP contribution is -2.16. The molecule has 1 aliphatic heterocycles. The summed E-state index contributed by atoms with van der Waals surface area (Å²) in [5.41, 5.74) is 3.42. The van der Waals surface area contributed by atoms with Crippen LogP contribution in [0.15, 0.2) is 31.0 Å². The zero-order valence-corrected chi connectivity index (χ0v) is 17.3. The van der Waals surface area contributed by atoms with Crippen LogP contribution in [-0.2, 0) is 25.8 Å². The third-order valence-electron chi connectivity index (χ3n) is 4.50. The number of hydrogen-bond acceptors (Lipinski definition) is 7. The molecule has 2 N–H and O–H groups in total. The van der Waals surface area contributed by atoms with E-state index in [1.807, 2.05) is 12.1 Å². The molecule has 0 fully saturated rings. The van der Waals surface area contributed by atoms with Crippen LogP contribution in [0.5, 0.6) is 0 Å². The number of halogens is 2. The average molecular weight is 423 g/mol. The maximum atomic E-state index is 4.75. The van der Waals surface area contributed by atoms with Crippen molar-refractivity contribution in [3.05, 3.63) is 53.6 Å². The maximum absolute atomic E-state index is 4.75. The molecule has 4 heterocycles. The van der Waals surface area contributed by atoms with Crippen LogP contribution in [0.3, 0.4) is 0 Å². The predicted octanol–water partition coefficient (Wildman–Crippen LogP) is 2.16. The fraction of sp³-hybridized carbons (Fsp3) is 0.389. The molecule has 0 saturated carbocycles. The van der Waals surface area contributed by atoms with Crippen LogP contribution in [-0.4, -0.2) is 42.8 Å². The van der Waals surface area contributed by atoms with Crippen molar-refractivity contribution in [2.75, 3.05) is 18.4 Å². The van der Waals surface area contributed by atoms with Gasteiger partial charge < -0.3 is 10.6 Å². The van der Waals surface area contributed by atoms with Crippen LogP contribution in [0.2, 0.25) is 0 Å². The predicted molar refractivity (Wildman–Crippen MR) is 113 cm³/mol. The second kappa shape index (κ2) is 10.3. The minimum Gasteiger partial charge on any atom is -0.366 e. The highest BCUT2D eigenvalue weighted by molar-refractivity contribution is 5.85. The fourth-order valence-corrected chi connectivity index (χ4v) is 3.17. The summed E-state index contributed by atoms with van der Waals surface area (Å²) in [4.78, 5) is 17.9. The van der Waals surface area contributed by atoms with Crippen LogP contribution < -0.4 is 10.6 Å². The molecule has 0 amide bonds. The number of nitrogens with zero attached hydrogens (tertiary/aromatic N) is 6. The molecule has 0 atom stereocenters. The molecule has 0 saturated heterocycles. The van der Waals surface area contributed by atoms with E-state index >= 15 is 0 Å². The topological polar surface area (TPSA) is 93.4 Å². The van der Waals surface area contributed by atoms with Gasteiger partial charge in [-0.05, 0) is 19.0 Å². The Balaban J connectivity index is 0.00000140. The van der Waals surface area contributed by atoms with Crippen molar-refractivity contribution < 1.29 is 0 Å². The van der Waals surface area contributed by atoms with Gasteiger partial charge in [0, 0.05) is 43.3 Å². The Morgan fingerprint density at radius 3 is 2.82 bits per heavy atom. The Morgan fingerprint density at radius 1 is 1.18 bits per heavy atom. The molecule has 10 heteroatoms. The van der Waals surface area contributed by atoms with E-state index in [1.165, 1.54) is 11.9 Å². The van der Waals surface area contributed by atoms with E-state index in [4.69, 9.17) is 9.97 Å². The summed E-state index contributed by atoms with van der Waals surface area (Å²) in [6, 6.07) is 3.97. The van der Waals surface area contributed by atoms with Gasteiger partial charge in [-0.25, -0.2) is 24.6 Å². The Kier molecular flexibility index (Phi) is 8.10. The van der Waals surface area contributed by atoms with Crippen molar-refractivity contribution in [1.82, 2.24) is 35.0 Å². The molecule has 0 spiro atoms. The van der Waals surface area contributed by atoms with E-state index in [1.54, 1.807) is 17.2 Å². The lowest BCUT2D eigenvalue weighted by atomic mass is 10.1. The second-order valence-corrected chi connectivity index (χ2v) is 6.20. The van der Waals surface area contributed by atoms with Crippen molar-refractivity contribution in [2.45, 2.75) is 32.7 Å². The van der Waals surface area contributed by atoms with E-state index in [-0.39, 0.29) is 24.8 Å². The van der Waals surface area contributed by atoms with Crippen LogP contribution in [0.4, 0.5) is 5.82 Å². The monoisotopic (exact) mass is 422 g/mol. The summed E-state index contributed by atoms with van der Waals surface area (Å²) in [5.74, 6) is 2.59. The lowest BCUT2D eigenvalue weighted by Gasteiger charge is -2.15. The van der Waals surface area contributed by atoms with Gasteiger partial charge >= 0.3 is 0 Å². The minimum absolute atomic E-state index is 0. The number of nitrogens with one attached hydrogen (secondary N) is 2. The highest BCUT2D eigenvalue weighted by Gasteiger charge is 2.16. The van der Waals surface area contributed by atoms with Crippen molar-refractivity contribution in [1.29, 1.82) is 0 Å². The van der Waals surface area contributed by atoms with E-state index < -0.39 is 0 Å². The van der Waals surface area contributed by atoms with Gasteiger partial charge in [-0.2, -0.15) is 5.10 Å². The number of fused-ring (bicyclic) bond motifs is 1. The molecule has 1 aliphatic rings. The highest BCUT2D eigenvalue weighted by Crippen LogP contribution is 2.21. The quantitative estimate of drug-likeness (QED) is 0.650. The molecule has 4 rings (SSSR count). The van der Waals surface area contributed by atoms with E-state index in [9.17, 15) is 0 Å². The summed E-state index contributed by atoms with van der Waals surface area (Å²) in [6.45, 7) is 4.62. The first kappa shape index (κ1) is 22.0. The second-order valence-electron chi connectivity index (χ2n) is 6.20. The van der Waals surface area contributed by atoms with Gasteiger partial charge in [-0.15, -0.1) is 24.8 Å². The third kappa shape index (κ3) is 4.76. The summed E-state index contributed by atoms with van der Waals surface area (Å²) < 4.78 is 1.68. The van der Waals surface area contributed by atoms with Gasteiger partial charge in [-0.1, -0.05) is 13.0 Å². The highest BCUT2D eigenvalue weighted by atomic mass is 35.5. The molecular formula is C18H24Cl2N8. The number of pyridine rings is 1. The van der Waals surface area contributed by atoms with Crippen molar-refractivity contribution >= 4 is 30.6 Å². The van der Waals surface area contributed by atoms with Gasteiger partial charge in [0.15, 0.2) is 5.82 Å². The van der Waals surface area contributed by atoms with Crippen molar-refractivity contribution in [2.24, 2.45) is 0 Å². The zero-order chi connectivity index (χ0) is 17.8. The Labute approximate surface area is 176 Å². The molecule has 0 aromatic carbocycles. The van der Waals surface area contributed by atoms with Gasteiger partial charge in [0.1, 0.15) is 24.3 Å². The first-order valence-corrected chi connectivity index (χ1v) is 8.97. The summed E-state index contributed by atoms with van der Waals surface area (Å²) >= 11 is 0. The number of anilines is 1. The summed E-state index contributed by atoms with van der Waals surface area (Å²) in [5, 5.41) is 11.1. The number of aromatic nitrogens is 6. The molecule has 0 aliphatic carbocycles. The third-order valence-corrected chi connectivity index (χ3v) is 4.50. The largest absolute Gasteiger partial charge is 0.366 e. The van der Waals surface area contributed by atoms with E-state index in [2.05, 4.69) is 32.6 Å². The number of hydrogen-bond donors (Lipinski definition) is 2. The smallest absolute Gasteiger partial charge is 0.160 e. The van der Waals surface area contributed by atoms with Crippen LogP contribution in [0.1, 0.15) is 29.6 Å². The lowest BCUT2D eigenvalue weighted by molar-refractivity contribution is 0.708. The molecule has 150 valence electrons. The Morgan fingerprint density at radius 2 is 2.04 bits per heavy atom. The van der Waals surface area contributed by atoms with Crippen LogP contribution >= 0.6 is 24.8 Å². The minimum atomic E-state index is 0. The van der Waals surface area contributed by atoms with Crippen LogP contribution in [0, 0.1) is 0 Å². The van der Waals surface area contributed by atoms with Gasteiger partial charge in [0.2, 0.25) is 0 Å². The number of rotatable bonds is 5. The van der Waals surface area contributed by atoms with Crippen molar-refractivity contribution in [3.8, 4) is 5.82 Å². The molecule has 3 aromatic rings. The normalized spacial score (nSPS) is 12.9.